The van der Waals surface area contributed by atoms with Crippen LogP contribution in [0.1, 0.15) is 36.9 Å². The van der Waals surface area contributed by atoms with Crippen LogP contribution in [0.3, 0.4) is 0 Å². The number of likely N-dealkylation sites (tertiary alicyclic amines) is 1. The summed E-state index contributed by atoms with van der Waals surface area (Å²) >= 11 is 0. The van der Waals surface area contributed by atoms with E-state index in [1.54, 1.807) is 0 Å². The van der Waals surface area contributed by atoms with Crippen molar-refractivity contribution >= 4 is 28.5 Å². The molecule has 1 fully saturated rings. The molecule has 118 valence electrons. The number of fused-ring (bicyclic) bond motifs is 2. The Morgan fingerprint density at radius 1 is 1.13 bits per heavy atom. The summed E-state index contributed by atoms with van der Waals surface area (Å²) in [5, 5.41) is 3.84. The molecule has 0 radical (unpaired) electrons. The normalized spacial score (nSPS) is 17.4. The van der Waals surface area contributed by atoms with Crippen LogP contribution in [0, 0.1) is 0 Å². The maximum Gasteiger partial charge on any atom is 0.328 e. The molecule has 0 atom stereocenters. The van der Waals surface area contributed by atoms with Gasteiger partial charge in [-0.15, -0.1) is 0 Å². The molecule has 3 amide bonds. The number of amides is 3. The largest absolute Gasteiger partial charge is 0.328 e. The van der Waals surface area contributed by atoms with Crippen LogP contribution in [0.4, 0.5) is 10.5 Å². The molecule has 4 rings (SSSR count). The zero-order valence-electron chi connectivity index (χ0n) is 13.0. The molecular formula is C18H19N3O2. The number of nitrogens with zero attached hydrogens (tertiary/aromatic N) is 2. The first kappa shape index (κ1) is 14.2. The van der Waals surface area contributed by atoms with Gasteiger partial charge in [-0.2, -0.15) is 0 Å². The molecule has 0 spiro atoms. The van der Waals surface area contributed by atoms with Crippen LogP contribution >= 0.6 is 0 Å². The van der Waals surface area contributed by atoms with E-state index in [2.05, 4.69) is 11.4 Å². The van der Waals surface area contributed by atoms with Crippen molar-refractivity contribution in [3.8, 4) is 0 Å². The lowest BCUT2D eigenvalue weighted by molar-refractivity contribution is -0.125. The second-order valence-electron chi connectivity index (χ2n) is 6.25. The van der Waals surface area contributed by atoms with Crippen molar-refractivity contribution in [3.63, 3.8) is 0 Å². The smallest absolute Gasteiger partial charge is 0.307 e. The monoisotopic (exact) mass is 309 g/mol. The Balaban J connectivity index is 1.69. The first-order valence-corrected chi connectivity index (χ1v) is 8.25. The fourth-order valence-electron chi connectivity index (χ4n) is 3.47. The van der Waals surface area contributed by atoms with Crippen LogP contribution in [-0.2, 0) is 17.6 Å². The average Bonchev–Trinajstić information content (AvgIpc) is 2.99. The first-order valence-electron chi connectivity index (χ1n) is 8.25. The molecule has 5 heteroatoms. The van der Waals surface area contributed by atoms with E-state index in [4.69, 9.17) is 4.98 Å². The molecule has 0 unspecified atom stereocenters. The molecule has 1 aromatic heterocycles. The molecule has 5 nitrogen and oxygen atoms in total. The van der Waals surface area contributed by atoms with Crippen LogP contribution in [0.15, 0.2) is 24.3 Å². The van der Waals surface area contributed by atoms with Gasteiger partial charge in [-0.3, -0.25) is 14.7 Å². The van der Waals surface area contributed by atoms with Gasteiger partial charge in [0.05, 0.1) is 11.2 Å². The van der Waals surface area contributed by atoms with E-state index in [0.29, 0.717) is 13.0 Å². The van der Waals surface area contributed by atoms with E-state index in [1.165, 1.54) is 29.0 Å². The van der Waals surface area contributed by atoms with Crippen LogP contribution in [0.25, 0.3) is 10.9 Å². The fraction of sp³-hybridized carbons (Fsp3) is 0.389. The third kappa shape index (κ3) is 2.56. The average molecular weight is 309 g/mol. The van der Waals surface area contributed by atoms with Crippen LogP contribution < -0.4 is 5.32 Å². The highest BCUT2D eigenvalue weighted by Crippen LogP contribution is 2.28. The SMILES string of the molecule is O=C1CCCN1C(=O)Nc1cccc2nc3c(cc12)CCCC3. The summed E-state index contributed by atoms with van der Waals surface area (Å²) in [6, 6.07) is 7.56. The summed E-state index contributed by atoms with van der Waals surface area (Å²) in [6.45, 7) is 0.503. The molecule has 1 aromatic carbocycles. The third-order valence-electron chi connectivity index (χ3n) is 4.70. The number of nitrogens with one attached hydrogen (secondary N) is 1. The molecule has 0 saturated carbocycles. The van der Waals surface area contributed by atoms with Gasteiger partial charge in [-0.25, -0.2) is 4.79 Å². The number of urea groups is 1. The number of imide groups is 1. The van der Waals surface area contributed by atoms with Gasteiger partial charge in [0.15, 0.2) is 0 Å². The minimum atomic E-state index is -0.335. The number of carbonyl (C=O) groups excluding carboxylic acids is 2. The standard InChI is InChI=1S/C18H19N3O2/c22-17-9-4-10-21(17)18(23)20-16-8-3-7-15-13(16)11-12-5-1-2-6-14(12)19-15/h3,7-8,11H,1-2,4-6,9-10H2,(H,20,23). The van der Waals surface area contributed by atoms with E-state index in [0.717, 1.165) is 35.9 Å². The summed E-state index contributed by atoms with van der Waals surface area (Å²) in [6.07, 6.45) is 5.67. The van der Waals surface area contributed by atoms with Gasteiger partial charge in [-0.05, 0) is 55.9 Å². The Morgan fingerprint density at radius 3 is 2.83 bits per heavy atom. The van der Waals surface area contributed by atoms with Gasteiger partial charge in [0, 0.05) is 24.0 Å². The van der Waals surface area contributed by atoms with Crippen molar-refractivity contribution < 1.29 is 9.59 Å². The number of hydrogen-bond donors (Lipinski definition) is 1. The summed E-state index contributed by atoms with van der Waals surface area (Å²) < 4.78 is 0. The number of anilines is 1. The molecule has 1 aliphatic heterocycles. The molecule has 1 aliphatic carbocycles. The maximum atomic E-state index is 12.3. The highest BCUT2D eigenvalue weighted by Gasteiger charge is 2.26. The molecule has 1 N–H and O–H groups in total. The number of benzene rings is 1. The van der Waals surface area contributed by atoms with E-state index in [1.807, 2.05) is 18.2 Å². The van der Waals surface area contributed by atoms with Gasteiger partial charge in [0.2, 0.25) is 5.91 Å². The third-order valence-corrected chi connectivity index (χ3v) is 4.70. The Hall–Kier alpha value is -2.43. The highest BCUT2D eigenvalue weighted by atomic mass is 16.2. The van der Waals surface area contributed by atoms with Gasteiger partial charge in [0.25, 0.3) is 0 Å². The number of aromatic nitrogens is 1. The van der Waals surface area contributed by atoms with Crippen molar-refractivity contribution in [1.29, 1.82) is 0 Å². The molecule has 2 aliphatic rings. The lowest BCUT2D eigenvalue weighted by Crippen LogP contribution is -2.35. The number of aryl methyl sites for hydroxylation is 2. The van der Waals surface area contributed by atoms with E-state index >= 15 is 0 Å². The minimum absolute atomic E-state index is 0.0989. The van der Waals surface area contributed by atoms with E-state index in [9.17, 15) is 9.59 Å². The van der Waals surface area contributed by atoms with Gasteiger partial charge < -0.3 is 5.32 Å². The van der Waals surface area contributed by atoms with Gasteiger partial charge in [0.1, 0.15) is 0 Å². The van der Waals surface area contributed by atoms with E-state index in [-0.39, 0.29) is 11.9 Å². The van der Waals surface area contributed by atoms with Crippen molar-refractivity contribution in [1.82, 2.24) is 9.88 Å². The highest BCUT2D eigenvalue weighted by molar-refractivity contribution is 6.06. The lowest BCUT2D eigenvalue weighted by Gasteiger charge is -2.18. The van der Waals surface area contributed by atoms with Crippen LogP contribution in [0.5, 0.6) is 0 Å². The van der Waals surface area contributed by atoms with Gasteiger partial charge in [-0.1, -0.05) is 6.07 Å². The summed E-state index contributed by atoms with van der Waals surface area (Å²) in [4.78, 5) is 30.1. The Morgan fingerprint density at radius 2 is 2.00 bits per heavy atom. The Kier molecular flexibility index (Phi) is 3.48. The lowest BCUT2D eigenvalue weighted by atomic mass is 9.94. The van der Waals surface area contributed by atoms with Crippen molar-refractivity contribution in [3.05, 3.63) is 35.5 Å². The summed E-state index contributed by atoms with van der Waals surface area (Å²) in [5.41, 5.74) is 4.09. The minimum Gasteiger partial charge on any atom is -0.307 e. The van der Waals surface area contributed by atoms with Crippen LogP contribution in [0.2, 0.25) is 0 Å². The van der Waals surface area contributed by atoms with Crippen LogP contribution in [-0.4, -0.2) is 28.4 Å². The maximum absolute atomic E-state index is 12.3. The number of rotatable bonds is 1. The number of hydrogen-bond acceptors (Lipinski definition) is 3. The van der Waals surface area contributed by atoms with Crippen molar-refractivity contribution in [2.45, 2.75) is 38.5 Å². The Bertz CT molecular complexity index is 800. The molecule has 23 heavy (non-hydrogen) atoms. The first-order chi connectivity index (χ1) is 11.2. The van der Waals surface area contributed by atoms with Crippen molar-refractivity contribution in [2.75, 3.05) is 11.9 Å². The van der Waals surface area contributed by atoms with Gasteiger partial charge >= 0.3 is 6.03 Å². The molecule has 2 aromatic rings. The fourth-order valence-corrected chi connectivity index (χ4v) is 3.47. The second-order valence-corrected chi connectivity index (χ2v) is 6.25. The topological polar surface area (TPSA) is 62.3 Å². The number of carbonyl (C=O) groups is 2. The quantitative estimate of drug-likeness (QED) is 0.879. The molecular weight excluding hydrogens is 290 g/mol. The van der Waals surface area contributed by atoms with Crippen molar-refractivity contribution in [2.24, 2.45) is 0 Å². The number of pyridine rings is 1. The molecule has 1 saturated heterocycles. The molecule has 2 heterocycles. The predicted molar refractivity (Wildman–Crippen MR) is 88.4 cm³/mol. The summed E-state index contributed by atoms with van der Waals surface area (Å²) in [5.74, 6) is -0.0989. The predicted octanol–water partition coefficient (Wildman–Crippen LogP) is 3.27. The second kappa shape index (κ2) is 5.65. The van der Waals surface area contributed by atoms with E-state index < -0.39 is 0 Å². The molecule has 0 bridgehead atoms. The zero-order chi connectivity index (χ0) is 15.8. The Labute approximate surface area is 134 Å². The zero-order valence-corrected chi connectivity index (χ0v) is 13.0. The summed E-state index contributed by atoms with van der Waals surface area (Å²) in [7, 11) is 0.